The van der Waals surface area contributed by atoms with Crippen LogP contribution in [0, 0.1) is 0 Å². The molecule has 148 valence electrons. The van der Waals surface area contributed by atoms with Gasteiger partial charge in [0.1, 0.15) is 6.04 Å². The fourth-order valence-corrected chi connectivity index (χ4v) is 4.29. The van der Waals surface area contributed by atoms with Gasteiger partial charge in [-0.05, 0) is 53.2 Å². The van der Waals surface area contributed by atoms with E-state index in [4.69, 9.17) is 11.6 Å². The van der Waals surface area contributed by atoms with Crippen LogP contribution in [0.1, 0.15) is 16.6 Å². The molecule has 0 aliphatic carbocycles. The first kappa shape index (κ1) is 20.6. The number of hydrogen-bond donors (Lipinski definition) is 3. The third-order valence-electron chi connectivity index (χ3n) is 4.13. The highest BCUT2D eigenvalue weighted by Crippen LogP contribution is 2.29. The molecule has 0 bridgehead atoms. The molecular weight excluding hydrogens is 468 g/mol. The first-order valence-electron chi connectivity index (χ1n) is 8.52. The van der Waals surface area contributed by atoms with Crippen LogP contribution in [0.15, 0.2) is 34.1 Å². The summed E-state index contributed by atoms with van der Waals surface area (Å²) in [6.45, 7) is 3.08. The number of hydrogen-bond acceptors (Lipinski definition) is 5. The van der Waals surface area contributed by atoms with Gasteiger partial charge in [0, 0.05) is 18.8 Å². The van der Waals surface area contributed by atoms with Gasteiger partial charge in [-0.3, -0.25) is 14.4 Å². The van der Waals surface area contributed by atoms with E-state index in [1.807, 2.05) is 4.90 Å². The average Bonchev–Trinajstić information content (AvgIpc) is 3.08. The minimum atomic E-state index is -0.724. The van der Waals surface area contributed by atoms with Crippen LogP contribution in [0.4, 0.5) is 11.4 Å². The average molecular weight is 486 g/mol. The van der Waals surface area contributed by atoms with Crippen molar-refractivity contribution >= 4 is 68.0 Å². The van der Waals surface area contributed by atoms with Gasteiger partial charge in [-0.1, -0.05) is 11.6 Å². The smallest absolute Gasteiger partial charge is 0.262 e. The zero-order chi connectivity index (χ0) is 20.3. The first-order chi connectivity index (χ1) is 13.3. The third kappa shape index (κ3) is 5.03. The molecule has 7 nitrogen and oxygen atoms in total. The molecule has 3 N–H and O–H groups in total. The van der Waals surface area contributed by atoms with E-state index < -0.39 is 6.04 Å². The number of carbonyl (C=O) groups excluding carboxylic acids is 3. The minimum absolute atomic E-state index is 0.0537. The van der Waals surface area contributed by atoms with Crippen LogP contribution in [0.25, 0.3) is 0 Å². The Balaban J connectivity index is 1.61. The van der Waals surface area contributed by atoms with Crippen molar-refractivity contribution in [2.75, 3.05) is 29.9 Å². The molecule has 0 radical (unpaired) electrons. The molecule has 1 aliphatic rings. The summed E-state index contributed by atoms with van der Waals surface area (Å²) >= 11 is 10.9. The Bertz CT molecular complexity index is 920. The van der Waals surface area contributed by atoms with Crippen molar-refractivity contribution in [1.82, 2.24) is 10.6 Å². The quantitative estimate of drug-likeness (QED) is 0.607. The topological polar surface area (TPSA) is 90.5 Å². The number of halogens is 2. The molecule has 1 fully saturated rings. The third-order valence-corrected chi connectivity index (χ3v) is 6.06. The largest absolute Gasteiger partial charge is 0.359 e. The van der Waals surface area contributed by atoms with Gasteiger partial charge in [-0.15, -0.1) is 11.3 Å². The molecule has 1 unspecified atom stereocenters. The van der Waals surface area contributed by atoms with Gasteiger partial charge in [0.15, 0.2) is 0 Å². The number of rotatable bonds is 5. The van der Waals surface area contributed by atoms with Gasteiger partial charge in [-0.2, -0.15) is 0 Å². The zero-order valence-corrected chi connectivity index (χ0v) is 18.1. The molecule has 28 heavy (non-hydrogen) atoms. The molecule has 10 heteroatoms. The second-order valence-corrected chi connectivity index (χ2v) is 9.10. The van der Waals surface area contributed by atoms with Crippen LogP contribution >= 0.6 is 38.9 Å². The predicted molar refractivity (Wildman–Crippen MR) is 114 cm³/mol. The maximum absolute atomic E-state index is 12.4. The Morgan fingerprint density at radius 1 is 1.32 bits per heavy atom. The standard InChI is InChI=1S/C18H18BrClN4O3S/c1-10(22-18(27)14-4-5-15(19)28-14)17(26)23-11-2-3-13(12(20)8-11)24-7-6-21-16(25)9-24/h2-5,8,10H,6-7,9H2,1H3,(H,21,25)(H,22,27)(H,23,26). The van der Waals surface area contributed by atoms with Crippen LogP contribution in [0.2, 0.25) is 5.02 Å². The lowest BCUT2D eigenvalue weighted by atomic mass is 10.2. The molecule has 1 aliphatic heterocycles. The summed E-state index contributed by atoms with van der Waals surface area (Å²) in [5, 5.41) is 8.61. The van der Waals surface area contributed by atoms with Gasteiger partial charge in [0.25, 0.3) is 5.91 Å². The second-order valence-electron chi connectivity index (χ2n) is 6.23. The monoisotopic (exact) mass is 484 g/mol. The summed E-state index contributed by atoms with van der Waals surface area (Å²) in [6.07, 6.45) is 0. The second kappa shape index (κ2) is 8.93. The summed E-state index contributed by atoms with van der Waals surface area (Å²) in [6, 6.07) is 7.86. The van der Waals surface area contributed by atoms with E-state index >= 15 is 0 Å². The fraction of sp³-hybridized carbons (Fsp3) is 0.278. The van der Waals surface area contributed by atoms with E-state index in [9.17, 15) is 14.4 Å². The maximum Gasteiger partial charge on any atom is 0.262 e. The number of amides is 3. The first-order valence-corrected chi connectivity index (χ1v) is 10.5. The van der Waals surface area contributed by atoms with Crippen LogP contribution in [0.5, 0.6) is 0 Å². The van der Waals surface area contributed by atoms with E-state index in [-0.39, 0.29) is 24.3 Å². The number of thiophene rings is 1. The number of benzene rings is 1. The molecule has 3 rings (SSSR count). The van der Waals surface area contributed by atoms with E-state index in [1.54, 1.807) is 37.3 Å². The summed E-state index contributed by atoms with van der Waals surface area (Å²) in [4.78, 5) is 38.5. The van der Waals surface area contributed by atoms with Crippen LogP contribution in [-0.4, -0.2) is 43.4 Å². The Morgan fingerprint density at radius 2 is 2.11 bits per heavy atom. The van der Waals surface area contributed by atoms with E-state index in [2.05, 4.69) is 31.9 Å². The van der Waals surface area contributed by atoms with Gasteiger partial charge >= 0.3 is 0 Å². The number of piperazine rings is 1. The van der Waals surface area contributed by atoms with E-state index in [0.29, 0.717) is 28.7 Å². The molecule has 1 aromatic carbocycles. The highest BCUT2D eigenvalue weighted by Gasteiger charge is 2.20. The number of nitrogens with zero attached hydrogens (tertiary/aromatic N) is 1. The maximum atomic E-state index is 12.4. The van der Waals surface area contributed by atoms with E-state index in [0.717, 1.165) is 9.47 Å². The van der Waals surface area contributed by atoms with Gasteiger partial charge in [0.05, 0.1) is 25.9 Å². The minimum Gasteiger partial charge on any atom is -0.359 e. The molecule has 1 saturated heterocycles. The molecule has 2 aromatic rings. The summed E-state index contributed by atoms with van der Waals surface area (Å²) in [7, 11) is 0. The van der Waals surface area contributed by atoms with Crippen LogP contribution in [-0.2, 0) is 9.59 Å². The van der Waals surface area contributed by atoms with Gasteiger partial charge < -0.3 is 20.9 Å². The van der Waals surface area contributed by atoms with Crippen LogP contribution in [0.3, 0.4) is 0 Å². The van der Waals surface area contributed by atoms with Crippen LogP contribution < -0.4 is 20.9 Å². The lowest BCUT2D eigenvalue weighted by Gasteiger charge is -2.29. The lowest BCUT2D eigenvalue weighted by Crippen LogP contribution is -2.47. The normalized spacial score (nSPS) is 15.0. The molecule has 2 heterocycles. The molecule has 1 aromatic heterocycles. The Morgan fingerprint density at radius 3 is 2.75 bits per heavy atom. The van der Waals surface area contributed by atoms with Gasteiger partial charge in [0.2, 0.25) is 11.8 Å². The fourth-order valence-electron chi connectivity index (χ4n) is 2.71. The molecule has 1 atom stereocenters. The molecule has 0 spiro atoms. The number of nitrogens with one attached hydrogen (secondary N) is 3. The Kier molecular flexibility index (Phi) is 6.58. The Labute approximate surface area is 179 Å². The number of carbonyl (C=O) groups is 3. The SMILES string of the molecule is CC(NC(=O)c1ccc(Br)s1)C(=O)Nc1ccc(N2CCNC(=O)C2)c(Cl)c1. The van der Waals surface area contributed by atoms with Gasteiger partial charge in [-0.25, -0.2) is 0 Å². The van der Waals surface area contributed by atoms with Crippen molar-refractivity contribution in [2.45, 2.75) is 13.0 Å². The molecule has 3 amide bonds. The van der Waals surface area contributed by atoms with Crippen molar-refractivity contribution in [3.63, 3.8) is 0 Å². The van der Waals surface area contributed by atoms with E-state index in [1.165, 1.54) is 11.3 Å². The van der Waals surface area contributed by atoms with Crippen molar-refractivity contribution in [1.29, 1.82) is 0 Å². The van der Waals surface area contributed by atoms with Crippen molar-refractivity contribution < 1.29 is 14.4 Å². The predicted octanol–water partition coefficient (Wildman–Crippen LogP) is 2.86. The zero-order valence-electron chi connectivity index (χ0n) is 14.9. The highest BCUT2D eigenvalue weighted by molar-refractivity contribution is 9.11. The number of anilines is 2. The summed E-state index contributed by atoms with van der Waals surface area (Å²) in [5.74, 6) is -0.720. The molecule has 0 saturated carbocycles. The summed E-state index contributed by atoms with van der Waals surface area (Å²) in [5.41, 5.74) is 1.25. The lowest BCUT2D eigenvalue weighted by molar-refractivity contribution is -0.120. The van der Waals surface area contributed by atoms with Crippen molar-refractivity contribution in [3.05, 3.63) is 44.0 Å². The molecular formula is C18H18BrClN4O3S. The highest BCUT2D eigenvalue weighted by atomic mass is 79.9. The Hall–Kier alpha value is -2.10. The van der Waals surface area contributed by atoms with Crippen molar-refractivity contribution in [3.8, 4) is 0 Å². The van der Waals surface area contributed by atoms with Crippen molar-refractivity contribution in [2.24, 2.45) is 0 Å². The summed E-state index contributed by atoms with van der Waals surface area (Å²) < 4.78 is 0.843.